The molecule has 0 spiro atoms. The van der Waals surface area contributed by atoms with Crippen LogP contribution in [0, 0.1) is 5.92 Å². The molecule has 0 fully saturated rings. The zero-order chi connectivity index (χ0) is 66.3. The monoisotopic (exact) mass is 1320 g/mol. The lowest BCUT2D eigenvalue weighted by molar-refractivity contribution is -0.161. The maximum Gasteiger partial charge on any atom is 0.472 e. The highest BCUT2D eigenvalue weighted by molar-refractivity contribution is 7.47. The number of hydrogen-bond acceptors (Lipinski definition) is 15. The van der Waals surface area contributed by atoms with Crippen molar-refractivity contribution in [1.29, 1.82) is 0 Å². The number of carbonyl (C=O) groups excluding carboxylic acids is 4. The number of rotatable bonds is 71. The minimum Gasteiger partial charge on any atom is -0.462 e. The summed E-state index contributed by atoms with van der Waals surface area (Å²) in [6.07, 6.45) is 52.0. The number of aliphatic hydroxyl groups excluding tert-OH is 1. The summed E-state index contributed by atoms with van der Waals surface area (Å²) in [5.74, 6) is -1.27. The van der Waals surface area contributed by atoms with Crippen LogP contribution in [0.15, 0.2) is 0 Å². The van der Waals surface area contributed by atoms with E-state index in [0.717, 1.165) is 115 Å². The van der Waals surface area contributed by atoms with Gasteiger partial charge >= 0.3 is 39.5 Å². The highest BCUT2D eigenvalue weighted by atomic mass is 31.2. The number of phosphoric acid groups is 2. The summed E-state index contributed by atoms with van der Waals surface area (Å²) in [6.45, 7) is 7.18. The third-order valence-corrected chi connectivity index (χ3v) is 18.8. The molecule has 534 valence electrons. The van der Waals surface area contributed by atoms with E-state index in [1.165, 1.54) is 173 Å². The van der Waals surface area contributed by atoms with E-state index in [4.69, 9.17) is 37.0 Å². The highest BCUT2D eigenvalue weighted by Gasteiger charge is 2.30. The number of unbranched alkanes of at least 4 members (excludes halogenated alkanes) is 42. The van der Waals surface area contributed by atoms with Crippen molar-refractivity contribution in [2.75, 3.05) is 39.6 Å². The molecule has 0 amide bonds. The van der Waals surface area contributed by atoms with Crippen LogP contribution in [0.4, 0.5) is 0 Å². The molecular formula is C71H138O17P2. The predicted octanol–water partition coefficient (Wildman–Crippen LogP) is 20.5. The standard InChI is InChI=1S/C71H138O17P2/c1-6-10-13-16-18-19-20-21-22-28-31-34-37-41-45-50-55-69(74)82-61-67(88-71(76)57-52-47-42-38-35-32-29-26-24-23-25-27-30-33-36-40-44-48-53-64(5)9-4)63-86-90(79,80)84-59-65(72)58-83-89(77,78)85-62-66(60-81-68(73)54-49-43-15-12-8-3)87-70(75)56-51-46-39-17-14-11-7-2/h64-67,72H,6-63H2,1-5H3,(H,77,78)(H,79,80)/t64?,65-,66+,67+/m0/s1. The lowest BCUT2D eigenvalue weighted by atomic mass is 9.99. The van der Waals surface area contributed by atoms with Crippen LogP contribution >= 0.6 is 15.6 Å². The Balaban J connectivity index is 5.07. The Hall–Kier alpha value is -1.94. The molecule has 6 atom stereocenters. The molecule has 17 nitrogen and oxygen atoms in total. The predicted molar refractivity (Wildman–Crippen MR) is 363 cm³/mol. The first-order valence-electron chi connectivity index (χ1n) is 37.2. The molecule has 0 aliphatic carbocycles. The molecule has 19 heteroatoms. The van der Waals surface area contributed by atoms with Crippen molar-refractivity contribution in [3.63, 3.8) is 0 Å². The van der Waals surface area contributed by atoms with E-state index >= 15 is 0 Å². The second-order valence-electron chi connectivity index (χ2n) is 25.9. The average molecular weight is 1330 g/mol. The van der Waals surface area contributed by atoms with Gasteiger partial charge in [-0.05, 0) is 31.6 Å². The average Bonchev–Trinajstić information content (AvgIpc) is 2.10. The highest BCUT2D eigenvalue weighted by Crippen LogP contribution is 2.45. The van der Waals surface area contributed by atoms with Crippen molar-refractivity contribution in [2.45, 2.75) is 387 Å². The molecule has 0 rings (SSSR count). The Labute approximate surface area is 549 Å². The zero-order valence-electron chi connectivity index (χ0n) is 58.3. The number of esters is 4. The van der Waals surface area contributed by atoms with Crippen LogP contribution in [0.5, 0.6) is 0 Å². The Morgan fingerprint density at radius 3 is 0.789 bits per heavy atom. The Morgan fingerprint density at radius 1 is 0.311 bits per heavy atom. The first-order valence-corrected chi connectivity index (χ1v) is 40.2. The number of phosphoric ester groups is 2. The van der Waals surface area contributed by atoms with Gasteiger partial charge in [0.15, 0.2) is 12.2 Å². The van der Waals surface area contributed by atoms with E-state index in [1.54, 1.807) is 0 Å². The van der Waals surface area contributed by atoms with E-state index in [0.29, 0.717) is 25.7 Å². The van der Waals surface area contributed by atoms with E-state index in [-0.39, 0.29) is 25.7 Å². The molecule has 0 heterocycles. The lowest BCUT2D eigenvalue weighted by Gasteiger charge is -2.21. The molecule has 0 aromatic carbocycles. The Bertz CT molecular complexity index is 1740. The second-order valence-corrected chi connectivity index (χ2v) is 28.8. The molecule has 0 aromatic heterocycles. The van der Waals surface area contributed by atoms with Crippen LogP contribution in [-0.4, -0.2) is 96.7 Å². The van der Waals surface area contributed by atoms with Gasteiger partial charge in [-0.25, -0.2) is 9.13 Å². The van der Waals surface area contributed by atoms with Gasteiger partial charge in [-0.1, -0.05) is 317 Å². The summed E-state index contributed by atoms with van der Waals surface area (Å²) in [7, 11) is -9.88. The fourth-order valence-electron chi connectivity index (χ4n) is 10.8. The maximum atomic E-state index is 13.0. The summed E-state index contributed by atoms with van der Waals surface area (Å²) in [5, 5.41) is 10.5. The van der Waals surface area contributed by atoms with Crippen LogP contribution in [0.3, 0.4) is 0 Å². The zero-order valence-corrected chi connectivity index (χ0v) is 60.1. The molecule has 0 radical (unpaired) electrons. The molecule has 0 bridgehead atoms. The Morgan fingerprint density at radius 2 is 0.533 bits per heavy atom. The van der Waals surface area contributed by atoms with Crippen molar-refractivity contribution >= 4 is 39.5 Å². The van der Waals surface area contributed by atoms with Crippen LogP contribution in [-0.2, 0) is 65.4 Å². The maximum absolute atomic E-state index is 13.0. The van der Waals surface area contributed by atoms with Crippen molar-refractivity contribution in [1.82, 2.24) is 0 Å². The molecule has 0 aliphatic rings. The van der Waals surface area contributed by atoms with Crippen LogP contribution in [0.2, 0.25) is 0 Å². The molecular weight excluding hydrogens is 1190 g/mol. The fourth-order valence-corrected chi connectivity index (χ4v) is 12.4. The number of hydrogen-bond donors (Lipinski definition) is 3. The third-order valence-electron chi connectivity index (χ3n) is 16.9. The molecule has 0 saturated heterocycles. The second kappa shape index (κ2) is 64.4. The number of carbonyl (C=O) groups is 4. The third kappa shape index (κ3) is 63.5. The van der Waals surface area contributed by atoms with Crippen LogP contribution in [0.1, 0.15) is 369 Å². The van der Waals surface area contributed by atoms with Gasteiger partial charge in [-0.15, -0.1) is 0 Å². The molecule has 90 heavy (non-hydrogen) atoms. The summed E-state index contributed by atoms with van der Waals surface area (Å²) < 4.78 is 67.9. The van der Waals surface area contributed by atoms with Gasteiger partial charge < -0.3 is 33.8 Å². The van der Waals surface area contributed by atoms with Crippen molar-refractivity contribution < 1.29 is 80.2 Å². The number of aliphatic hydroxyl groups is 1. The van der Waals surface area contributed by atoms with Crippen molar-refractivity contribution in [3.05, 3.63) is 0 Å². The first-order chi connectivity index (χ1) is 43.6. The molecule has 0 aliphatic heterocycles. The van der Waals surface area contributed by atoms with Crippen LogP contribution < -0.4 is 0 Å². The fraction of sp³-hybridized carbons (Fsp3) is 0.944. The normalized spacial score (nSPS) is 14.4. The Kier molecular flexibility index (Phi) is 63.0. The smallest absolute Gasteiger partial charge is 0.462 e. The van der Waals surface area contributed by atoms with Gasteiger partial charge in [0.2, 0.25) is 0 Å². The molecule has 0 aromatic rings. The van der Waals surface area contributed by atoms with Gasteiger partial charge in [0.05, 0.1) is 26.4 Å². The van der Waals surface area contributed by atoms with Crippen LogP contribution in [0.25, 0.3) is 0 Å². The minimum atomic E-state index is -4.95. The van der Waals surface area contributed by atoms with Gasteiger partial charge in [-0.2, -0.15) is 0 Å². The minimum absolute atomic E-state index is 0.103. The molecule has 3 N–H and O–H groups in total. The molecule has 0 saturated carbocycles. The number of ether oxygens (including phenoxy) is 4. The summed E-state index contributed by atoms with van der Waals surface area (Å²) in [5.41, 5.74) is 0. The van der Waals surface area contributed by atoms with Crippen molar-refractivity contribution in [2.24, 2.45) is 5.92 Å². The van der Waals surface area contributed by atoms with Gasteiger partial charge in [-0.3, -0.25) is 37.3 Å². The van der Waals surface area contributed by atoms with Gasteiger partial charge in [0.1, 0.15) is 19.3 Å². The van der Waals surface area contributed by atoms with E-state index in [9.17, 15) is 43.2 Å². The quantitative estimate of drug-likeness (QED) is 0.0222. The molecule has 3 unspecified atom stereocenters. The summed E-state index contributed by atoms with van der Waals surface area (Å²) in [4.78, 5) is 72.1. The first kappa shape index (κ1) is 88.1. The lowest BCUT2D eigenvalue weighted by Crippen LogP contribution is -2.30. The largest absolute Gasteiger partial charge is 0.472 e. The van der Waals surface area contributed by atoms with E-state index in [2.05, 4.69) is 34.6 Å². The van der Waals surface area contributed by atoms with Crippen molar-refractivity contribution in [3.8, 4) is 0 Å². The topological polar surface area (TPSA) is 237 Å². The summed E-state index contributed by atoms with van der Waals surface area (Å²) >= 11 is 0. The summed E-state index contributed by atoms with van der Waals surface area (Å²) in [6, 6.07) is 0. The van der Waals surface area contributed by atoms with E-state index < -0.39 is 97.5 Å². The SMILES string of the molecule is CCCCCCCCCCCCCCCCCCC(=O)OC[C@H](COP(=O)(O)OC[C@@H](O)COP(=O)(O)OC[C@@H](COC(=O)CCCCCCC)OC(=O)CCCCCCCCC)OC(=O)CCCCCCCCCCCCCCCCCCCCC(C)CC. The van der Waals surface area contributed by atoms with Gasteiger partial charge in [0.25, 0.3) is 0 Å². The van der Waals surface area contributed by atoms with Gasteiger partial charge in [0, 0.05) is 25.7 Å². The van der Waals surface area contributed by atoms with E-state index in [1.807, 2.05) is 0 Å².